The summed E-state index contributed by atoms with van der Waals surface area (Å²) in [6.07, 6.45) is 12.8. The number of ether oxygens (including phenoxy) is 2. The predicted molar refractivity (Wildman–Crippen MR) is 122 cm³/mol. The number of nitrogens with zero attached hydrogens (tertiary/aromatic N) is 2. The van der Waals surface area contributed by atoms with Gasteiger partial charge in [0, 0.05) is 18.0 Å². The molecule has 0 bridgehead atoms. The van der Waals surface area contributed by atoms with E-state index in [-0.39, 0.29) is 0 Å². The van der Waals surface area contributed by atoms with E-state index in [9.17, 15) is 0 Å². The van der Waals surface area contributed by atoms with Gasteiger partial charge in [-0.3, -0.25) is 0 Å². The molecule has 5 rings (SSSR count). The van der Waals surface area contributed by atoms with Crippen LogP contribution >= 0.6 is 0 Å². The van der Waals surface area contributed by atoms with E-state index in [1.807, 2.05) is 0 Å². The number of allylic oxidation sites excluding steroid dienone is 4. The van der Waals surface area contributed by atoms with Gasteiger partial charge in [-0.1, -0.05) is 17.7 Å². The summed E-state index contributed by atoms with van der Waals surface area (Å²) in [5, 5.41) is 1.23. The first-order valence-electron chi connectivity index (χ1n) is 11.5. The third-order valence-corrected chi connectivity index (χ3v) is 6.74. The molecule has 4 nitrogen and oxygen atoms in total. The lowest BCUT2D eigenvalue weighted by Gasteiger charge is -2.17. The van der Waals surface area contributed by atoms with Crippen LogP contribution in [0.15, 0.2) is 29.9 Å². The van der Waals surface area contributed by atoms with E-state index in [1.165, 1.54) is 65.7 Å². The van der Waals surface area contributed by atoms with Gasteiger partial charge in [-0.2, -0.15) is 0 Å². The molecular weight excluding hydrogens is 372 g/mol. The summed E-state index contributed by atoms with van der Waals surface area (Å²) < 4.78 is 11.9. The minimum Gasteiger partial charge on any atom is -0.493 e. The molecule has 1 fully saturated rings. The van der Waals surface area contributed by atoms with Gasteiger partial charge in [0.05, 0.1) is 24.9 Å². The van der Waals surface area contributed by atoms with Gasteiger partial charge in [0.25, 0.3) is 0 Å². The van der Waals surface area contributed by atoms with E-state index >= 15 is 0 Å². The van der Waals surface area contributed by atoms with E-state index in [1.54, 1.807) is 7.11 Å². The zero-order valence-corrected chi connectivity index (χ0v) is 18.3. The zero-order chi connectivity index (χ0) is 20.5. The number of hydrogen-bond acceptors (Lipinski definition) is 4. The Labute approximate surface area is 179 Å². The molecule has 1 aromatic heterocycles. The van der Waals surface area contributed by atoms with Crippen molar-refractivity contribution in [2.75, 3.05) is 33.4 Å². The highest BCUT2D eigenvalue weighted by atomic mass is 16.5. The van der Waals surface area contributed by atoms with Crippen molar-refractivity contribution in [2.45, 2.75) is 51.9 Å². The van der Waals surface area contributed by atoms with Crippen molar-refractivity contribution in [2.24, 2.45) is 0 Å². The Hall–Kier alpha value is -2.33. The number of likely N-dealkylation sites (tertiary alicyclic amines) is 1. The minimum atomic E-state index is 0.712. The summed E-state index contributed by atoms with van der Waals surface area (Å²) in [4.78, 5) is 7.66. The number of rotatable bonds is 7. The molecule has 158 valence electrons. The second kappa shape index (κ2) is 8.43. The summed E-state index contributed by atoms with van der Waals surface area (Å²) in [7, 11) is 1.73. The Morgan fingerprint density at radius 3 is 2.63 bits per heavy atom. The van der Waals surface area contributed by atoms with Gasteiger partial charge in [-0.15, -0.1) is 0 Å². The number of benzene rings is 1. The molecule has 3 aliphatic rings. The first kappa shape index (κ1) is 19.6. The highest BCUT2D eigenvalue weighted by molar-refractivity contribution is 5.91. The Balaban J connectivity index is 1.44. The molecule has 1 aromatic carbocycles. The van der Waals surface area contributed by atoms with Gasteiger partial charge in [0.15, 0.2) is 11.5 Å². The quantitative estimate of drug-likeness (QED) is 0.584. The molecule has 1 aliphatic heterocycles. The molecule has 2 heterocycles. The summed E-state index contributed by atoms with van der Waals surface area (Å²) in [6, 6.07) is 4.24. The average Bonchev–Trinajstić information content (AvgIpc) is 3.51. The monoisotopic (exact) mass is 404 g/mol. The maximum atomic E-state index is 6.18. The van der Waals surface area contributed by atoms with Crippen LogP contribution in [-0.4, -0.2) is 43.2 Å². The highest BCUT2D eigenvalue weighted by Crippen LogP contribution is 2.40. The first-order chi connectivity index (χ1) is 14.7. The van der Waals surface area contributed by atoms with Crippen LogP contribution in [0.3, 0.4) is 0 Å². The Bertz CT molecular complexity index is 1020. The smallest absolute Gasteiger partial charge is 0.163 e. The van der Waals surface area contributed by atoms with Crippen molar-refractivity contribution >= 4 is 16.5 Å². The van der Waals surface area contributed by atoms with Crippen LogP contribution in [0.1, 0.15) is 55.8 Å². The molecule has 2 aliphatic carbocycles. The average molecular weight is 405 g/mol. The molecule has 1 saturated heterocycles. The third kappa shape index (κ3) is 3.74. The second-order valence-corrected chi connectivity index (χ2v) is 8.90. The lowest BCUT2D eigenvalue weighted by molar-refractivity contribution is 0.254. The molecule has 4 heteroatoms. The molecule has 0 radical (unpaired) electrons. The van der Waals surface area contributed by atoms with Crippen LogP contribution in [0.4, 0.5) is 0 Å². The van der Waals surface area contributed by atoms with Gasteiger partial charge in [0.1, 0.15) is 0 Å². The molecule has 0 amide bonds. The van der Waals surface area contributed by atoms with E-state index in [0.29, 0.717) is 6.61 Å². The number of fused-ring (bicyclic) bond motifs is 3. The fourth-order valence-corrected chi connectivity index (χ4v) is 5.18. The van der Waals surface area contributed by atoms with Crippen molar-refractivity contribution in [3.05, 3.63) is 46.7 Å². The first-order valence-corrected chi connectivity index (χ1v) is 11.5. The maximum Gasteiger partial charge on any atom is 0.163 e. The molecule has 0 saturated carbocycles. The second-order valence-electron chi connectivity index (χ2n) is 8.90. The normalized spacial score (nSPS) is 18.6. The van der Waals surface area contributed by atoms with Crippen molar-refractivity contribution in [3.63, 3.8) is 0 Å². The Kier molecular flexibility index (Phi) is 5.51. The van der Waals surface area contributed by atoms with Gasteiger partial charge >= 0.3 is 0 Å². The fourth-order valence-electron chi connectivity index (χ4n) is 5.18. The van der Waals surface area contributed by atoms with E-state index < -0.39 is 0 Å². The molecule has 0 N–H and O–H groups in total. The molecule has 0 atom stereocenters. The SMILES string of the molecule is COc1cc2c3c(c(C4=CCC(C)=C4)nc2cc1OCCCN1CCCC1)CCC3. The number of aromatic nitrogens is 1. The van der Waals surface area contributed by atoms with Crippen LogP contribution in [0.2, 0.25) is 0 Å². The summed E-state index contributed by atoms with van der Waals surface area (Å²) in [6.45, 7) is 6.50. The third-order valence-electron chi connectivity index (χ3n) is 6.74. The van der Waals surface area contributed by atoms with E-state index in [4.69, 9.17) is 14.5 Å². The van der Waals surface area contributed by atoms with Crippen molar-refractivity contribution in [1.82, 2.24) is 9.88 Å². The molecular formula is C26H32N2O2. The molecule has 0 unspecified atom stereocenters. The largest absolute Gasteiger partial charge is 0.493 e. The number of pyridine rings is 1. The van der Waals surface area contributed by atoms with Crippen LogP contribution < -0.4 is 9.47 Å². The van der Waals surface area contributed by atoms with Gasteiger partial charge in [-0.25, -0.2) is 4.98 Å². The van der Waals surface area contributed by atoms with Crippen molar-refractivity contribution < 1.29 is 9.47 Å². The minimum absolute atomic E-state index is 0.712. The highest BCUT2D eigenvalue weighted by Gasteiger charge is 2.23. The molecule has 2 aromatic rings. The van der Waals surface area contributed by atoms with Crippen LogP contribution in [0.25, 0.3) is 16.5 Å². The molecule has 30 heavy (non-hydrogen) atoms. The summed E-state index contributed by atoms with van der Waals surface area (Å²) in [5.41, 5.74) is 7.79. The Morgan fingerprint density at radius 2 is 1.87 bits per heavy atom. The van der Waals surface area contributed by atoms with E-state index in [0.717, 1.165) is 49.2 Å². The van der Waals surface area contributed by atoms with Gasteiger partial charge < -0.3 is 14.4 Å². The standard InChI is InChI=1S/C26H32N2O2/c1-18-9-10-19(15-18)26-21-8-5-7-20(21)22-16-24(29-2)25(17-23(22)27-26)30-14-6-13-28-11-3-4-12-28/h10,15-17H,3-9,11-14H2,1-2H3. The number of methoxy groups -OCH3 is 1. The number of hydrogen-bond donors (Lipinski definition) is 0. The van der Waals surface area contributed by atoms with Crippen molar-refractivity contribution in [3.8, 4) is 11.5 Å². The van der Waals surface area contributed by atoms with Crippen LogP contribution in [-0.2, 0) is 12.8 Å². The van der Waals surface area contributed by atoms with Gasteiger partial charge in [-0.05, 0) is 87.7 Å². The van der Waals surface area contributed by atoms with E-state index in [2.05, 4.69) is 36.1 Å². The van der Waals surface area contributed by atoms with Gasteiger partial charge in [0.2, 0.25) is 0 Å². The van der Waals surface area contributed by atoms with Crippen LogP contribution in [0.5, 0.6) is 11.5 Å². The summed E-state index contributed by atoms with van der Waals surface area (Å²) in [5.74, 6) is 1.64. The van der Waals surface area contributed by atoms with Crippen molar-refractivity contribution in [1.29, 1.82) is 0 Å². The lowest BCUT2D eigenvalue weighted by atomic mass is 9.99. The number of aryl methyl sites for hydroxylation is 1. The zero-order valence-electron chi connectivity index (χ0n) is 18.3. The topological polar surface area (TPSA) is 34.6 Å². The maximum absolute atomic E-state index is 6.18. The lowest BCUT2D eigenvalue weighted by Crippen LogP contribution is -2.21. The Morgan fingerprint density at radius 1 is 1.03 bits per heavy atom. The fraction of sp³-hybridized carbons (Fsp3) is 0.500. The summed E-state index contributed by atoms with van der Waals surface area (Å²) >= 11 is 0. The predicted octanol–water partition coefficient (Wildman–Crippen LogP) is 5.33. The van der Waals surface area contributed by atoms with Crippen LogP contribution in [0, 0.1) is 0 Å². The molecule has 0 spiro atoms.